The Morgan fingerprint density at radius 2 is 1.79 bits per heavy atom. The number of hydrogen-bond donors (Lipinski definition) is 0. The fourth-order valence-corrected chi connectivity index (χ4v) is 4.43. The lowest BCUT2D eigenvalue weighted by Gasteiger charge is -2.08. The summed E-state index contributed by atoms with van der Waals surface area (Å²) in [5.41, 5.74) is 3.19. The van der Waals surface area contributed by atoms with E-state index >= 15 is 0 Å². The molecule has 8 heteroatoms. The third-order valence-corrected chi connectivity index (χ3v) is 6.23. The van der Waals surface area contributed by atoms with Crippen molar-refractivity contribution >= 4 is 28.3 Å². The van der Waals surface area contributed by atoms with Crippen molar-refractivity contribution in [2.45, 2.75) is 13.3 Å². The summed E-state index contributed by atoms with van der Waals surface area (Å²) >= 11 is 1.63. The molecule has 0 saturated heterocycles. The molecule has 7 nitrogen and oxygen atoms in total. The number of benzene rings is 1. The summed E-state index contributed by atoms with van der Waals surface area (Å²) in [7, 11) is 3.13. The maximum Gasteiger partial charge on any atom is 0.332 e. The van der Waals surface area contributed by atoms with Crippen molar-refractivity contribution in [2.24, 2.45) is 14.1 Å². The molecule has 0 radical (unpaired) electrons. The summed E-state index contributed by atoms with van der Waals surface area (Å²) < 4.78 is 6.36. The van der Waals surface area contributed by atoms with Crippen LogP contribution in [0.4, 0.5) is 0 Å². The lowest BCUT2D eigenvalue weighted by molar-refractivity contribution is 0.708. The number of hydrogen-bond acceptors (Lipinski definition) is 4. The summed E-state index contributed by atoms with van der Waals surface area (Å²) in [6, 6.07) is 12.4. The molecule has 0 aliphatic carbocycles. The molecule has 1 aromatic carbocycles. The Kier molecular flexibility index (Phi) is 3.85. The lowest BCUT2D eigenvalue weighted by Crippen LogP contribution is -2.37. The molecule has 146 valence electrons. The van der Waals surface area contributed by atoms with Gasteiger partial charge in [0.2, 0.25) is 5.78 Å². The maximum atomic E-state index is 12.9. The van der Waals surface area contributed by atoms with Crippen LogP contribution in [0.2, 0.25) is 0 Å². The van der Waals surface area contributed by atoms with Gasteiger partial charge in [-0.2, -0.15) is 4.98 Å². The summed E-state index contributed by atoms with van der Waals surface area (Å²) in [4.78, 5) is 31.0. The van der Waals surface area contributed by atoms with Crippen LogP contribution in [0, 0.1) is 0 Å². The molecule has 0 aliphatic rings. The van der Waals surface area contributed by atoms with E-state index in [1.54, 1.807) is 22.8 Å². The van der Waals surface area contributed by atoms with E-state index in [-0.39, 0.29) is 11.2 Å². The zero-order valence-corrected chi connectivity index (χ0v) is 17.1. The minimum atomic E-state index is -0.388. The Morgan fingerprint density at radius 3 is 2.45 bits per heavy atom. The van der Waals surface area contributed by atoms with Crippen LogP contribution < -0.4 is 11.2 Å². The maximum absolute atomic E-state index is 12.9. The van der Waals surface area contributed by atoms with E-state index in [1.165, 1.54) is 17.2 Å². The van der Waals surface area contributed by atoms with Gasteiger partial charge >= 0.3 is 5.69 Å². The van der Waals surface area contributed by atoms with E-state index in [2.05, 4.69) is 31.2 Å². The van der Waals surface area contributed by atoms with Crippen LogP contribution >= 0.6 is 11.3 Å². The fourth-order valence-electron chi connectivity index (χ4n) is 3.70. The van der Waals surface area contributed by atoms with Crippen molar-refractivity contribution in [3.05, 3.63) is 74.4 Å². The molecule has 5 rings (SSSR count). The van der Waals surface area contributed by atoms with Gasteiger partial charge in [-0.25, -0.2) is 4.79 Å². The number of thiophene rings is 1. The minimum Gasteiger partial charge on any atom is -0.279 e. The summed E-state index contributed by atoms with van der Waals surface area (Å²) in [5.74, 6) is 0.603. The van der Waals surface area contributed by atoms with Crippen molar-refractivity contribution in [1.29, 1.82) is 0 Å². The number of rotatable bonds is 3. The first-order valence-electron chi connectivity index (χ1n) is 9.34. The van der Waals surface area contributed by atoms with E-state index in [4.69, 9.17) is 4.98 Å². The lowest BCUT2D eigenvalue weighted by atomic mass is 10.1. The van der Waals surface area contributed by atoms with Crippen molar-refractivity contribution in [1.82, 2.24) is 23.1 Å². The first kappa shape index (κ1) is 17.7. The molecule has 29 heavy (non-hydrogen) atoms. The normalized spacial score (nSPS) is 11.7. The minimum absolute atomic E-state index is 0.355. The monoisotopic (exact) mass is 405 g/mol. The van der Waals surface area contributed by atoms with E-state index in [0.29, 0.717) is 16.9 Å². The van der Waals surface area contributed by atoms with Gasteiger partial charge in [-0.3, -0.25) is 22.9 Å². The van der Waals surface area contributed by atoms with Gasteiger partial charge in [0.05, 0.1) is 10.6 Å². The van der Waals surface area contributed by atoms with Crippen molar-refractivity contribution in [2.75, 3.05) is 0 Å². The molecule has 4 aromatic heterocycles. The molecular formula is C21H19N5O2S. The number of aryl methyl sites for hydroxylation is 2. The molecule has 0 bridgehead atoms. The Bertz CT molecular complexity index is 1480. The molecule has 0 N–H and O–H groups in total. The molecule has 0 spiro atoms. The zero-order chi connectivity index (χ0) is 20.3. The highest BCUT2D eigenvalue weighted by Gasteiger charge is 2.21. The highest BCUT2D eigenvalue weighted by molar-refractivity contribution is 7.13. The second kappa shape index (κ2) is 6.31. The smallest absolute Gasteiger partial charge is 0.279 e. The molecular weight excluding hydrogens is 386 g/mol. The molecule has 0 unspecified atom stereocenters. The van der Waals surface area contributed by atoms with Gasteiger partial charge < -0.3 is 0 Å². The average Bonchev–Trinajstić information content (AvgIpc) is 3.45. The van der Waals surface area contributed by atoms with E-state index in [0.717, 1.165) is 27.2 Å². The highest BCUT2D eigenvalue weighted by Crippen LogP contribution is 2.31. The van der Waals surface area contributed by atoms with Crippen molar-refractivity contribution in [3.8, 4) is 16.3 Å². The molecule has 0 fully saturated rings. The molecule has 0 aliphatic heterocycles. The zero-order valence-electron chi connectivity index (χ0n) is 16.3. The summed E-state index contributed by atoms with van der Waals surface area (Å²) in [6.45, 7) is 2.12. The second-order valence-electron chi connectivity index (χ2n) is 7.01. The Morgan fingerprint density at radius 1 is 1.03 bits per heavy atom. The summed E-state index contributed by atoms with van der Waals surface area (Å²) in [5, 5.41) is 2.02. The molecule has 5 aromatic rings. The SMILES string of the molecule is CCc1ccc(-n2c(-c3cccs3)cn3c4c(=O)n(C)c(=O)n(C)c4nc23)cc1. The number of imidazole rings is 2. The average molecular weight is 405 g/mol. The molecule has 0 amide bonds. The molecule has 0 saturated carbocycles. The van der Waals surface area contributed by atoms with Crippen molar-refractivity contribution < 1.29 is 0 Å². The first-order valence-corrected chi connectivity index (χ1v) is 10.2. The summed E-state index contributed by atoms with van der Waals surface area (Å²) in [6.07, 6.45) is 2.89. The Labute approximate surface area is 169 Å². The predicted octanol–water partition coefficient (Wildman–Crippen LogP) is 2.97. The van der Waals surface area contributed by atoms with Crippen LogP contribution in [-0.2, 0) is 20.5 Å². The third-order valence-electron chi connectivity index (χ3n) is 5.34. The Balaban J connectivity index is 1.94. The second-order valence-corrected chi connectivity index (χ2v) is 7.95. The van der Waals surface area contributed by atoms with Gasteiger partial charge in [0.1, 0.15) is 0 Å². The number of aromatic nitrogens is 5. The Hall–Kier alpha value is -3.39. The quantitative estimate of drug-likeness (QED) is 0.464. The highest BCUT2D eigenvalue weighted by atomic mass is 32.1. The van der Waals surface area contributed by atoms with Crippen molar-refractivity contribution in [3.63, 3.8) is 0 Å². The number of fused-ring (bicyclic) bond motifs is 3. The number of nitrogens with zero attached hydrogens (tertiary/aromatic N) is 5. The topological polar surface area (TPSA) is 66.2 Å². The van der Waals surface area contributed by atoms with Crippen LogP contribution in [0.15, 0.2) is 57.6 Å². The first-order chi connectivity index (χ1) is 14.0. The van der Waals surface area contributed by atoms with Gasteiger partial charge in [-0.05, 0) is 35.6 Å². The van der Waals surface area contributed by atoms with Gasteiger partial charge in [0, 0.05) is 26.0 Å². The van der Waals surface area contributed by atoms with E-state index in [9.17, 15) is 9.59 Å². The van der Waals surface area contributed by atoms with Crippen LogP contribution in [0.1, 0.15) is 12.5 Å². The standard InChI is InChI=1S/C21H19N5O2S/c1-4-13-7-9-14(10-8-13)26-15(16-6-5-11-29-16)12-25-17-18(22-20(25)26)23(2)21(28)24(3)19(17)27/h5-12H,4H2,1-3H3. The molecule has 0 atom stereocenters. The third kappa shape index (κ3) is 2.45. The van der Waals surface area contributed by atoms with Crippen LogP contribution in [0.25, 0.3) is 33.2 Å². The van der Waals surface area contributed by atoms with E-state index < -0.39 is 0 Å². The van der Waals surface area contributed by atoms with E-state index in [1.807, 2.05) is 28.3 Å². The van der Waals surface area contributed by atoms with Gasteiger partial charge in [0.15, 0.2) is 11.2 Å². The van der Waals surface area contributed by atoms with Gasteiger partial charge in [-0.15, -0.1) is 11.3 Å². The van der Waals surface area contributed by atoms with Crippen LogP contribution in [0.5, 0.6) is 0 Å². The van der Waals surface area contributed by atoms with Crippen LogP contribution in [0.3, 0.4) is 0 Å². The predicted molar refractivity (Wildman–Crippen MR) is 115 cm³/mol. The van der Waals surface area contributed by atoms with Gasteiger partial charge in [0.25, 0.3) is 5.56 Å². The largest absolute Gasteiger partial charge is 0.332 e. The molecule has 4 heterocycles. The fraction of sp³-hybridized carbons (Fsp3) is 0.190. The van der Waals surface area contributed by atoms with Crippen LogP contribution in [-0.4, -0.2) is 23.1 Å². The van der Waals surface area contributed by atoms with Gasteiger partial charge in [-0.1, -0.05) is 25.1 Å².